The normalized spacial score (nSPS) is 16.8. The van der Waals surface area contributed by atoms with Gasteiger partial charge in [-0.1, -0.05) is 19.3 Å². The predicted octanol–water partition coefficient (Wildman–Crippen LogP) is 1.77. The molecule has 0 aromatic carbocycles. The van der Waals surface area contributed by atoms with Gasteiger partial charge in [-0.15, -0.1) is 0 Å². The van der Waals surface area contributed by atoms with Crippen LogP contribution in [-0.2, 0) is 0 Å². The standard InChI is InChI=1S/C13H20N4O/c14-16-11-6-7-15-12(10-11)13(18)17-8-4-2-1-3-5-9-17/h6-7,10H,1-5,8-9,14H2,(H,15,16). The molecule has 1 amide bonds. The lowest BCUT2D eigenvalue weighted by Gasteiger charge is -2.24. The Balaban J connectivity index is 2.08. The number of hydrazine groups is 1. The number of likely N-dealkylation sites (tertiary alicyclic amines) is 1. The molecule has 1 fully saturated rings. The Kier molecular flexibility index (Phi) is 4.52. The summed E-state index contributed by atoms with van der Waals surface area (Å²) < 4.78 is 0. The van der Waals surface area contributed by atoms with E-state index in [9.17, 15) is 4.79 Å². The van der Waals surface area contributed by atoms with E-state index in [0.717, 1.165) is 25.9 Å². The quantitative estimate of drug-likeness (QED) is 0.618. The maximum atomic E-state index is 12.3. The molecule has 0 bridgehead atoms. The molecule has 18 heavy (non-hydrogen) atoms. The molecule has 5 heteroatoms. The Morgan fingerprint density at radius 1 is 1.22 bits per heavy atom. The first kappa shape index (κ1) is 12.8. The number of anilines is 1. The van der Waals surface area contributed by atoms with Crippen LogP contribution in [0.3, 0.4) is 0 Å². The third-order valence-electron chi connectivity index (χ3n) is 3.29. The average molecular weight is 248 g/mol. The summed E-state index contributed by atoms with van der Waals surface area (Å²) in [7, 11) is 0. The molecule has 0 aliphatic carbocycles. The highest BCUT2D eigenvalue weighted by Crippen LogP contribution is 2.14. The third kappa shape index (κ3) is 3.20. The van der Waals surface area contributed by atoms with Gasteiger partial charge in [0.05, 0.1) is 5.69 Å². The zero-order valence-electron chi connectivity index (χ0n) is 10.6. The summed E-state index contributed by atoms with van der Waals surface area (Å²) in [6.07, 6.45) is 7.48. The highest BCUT2D eigenvalue weighted by Gasteiger charge is 2.17. The van der Waals surface area contributed by atoms with Crippen molar-refractivity contribution in [1.82, 2.24) is 9.88 Å². The largest absolute Gasteiger partial charge is 0.337 e. The van der Waals surface area contributed by atoms with Crippen LogP contribution >= 0.6 is 0 Å². The van der Waals surface area contributed by atoms with Crippen LogP contribution in [-0.4, -0.2) is 28.9 Å². The number of hydrogen-bond donors (Lipinski definition) is 2. The van der Waals surface area contributed by atoms with Crippen LogP contribution in [0.1, 0.15) is 42.6 Å². The zero-order valence-corrected chi connectivity index (χ0v) is 10.6. The number of hydrogen-bond acceptors (Lipinski definition) is 4. The van der Waals surface area contributed by atoms with E-state index in [-0.39, 0.29) is 5.91 Å². The Morgan fingerprint density at radius 2 is 1.89 bits per heavy atom. The van der Waals surface area contributed by atoms with Crippen LogP contribution < -0.4 is 11.3 Å². The van der Waals surface area contributed by atoms with Crippen molar-refractivity contribution in [3.05, 3.63) is 24.0 Å². The highest BCUT2D eigenvalue weighted by molar-refractivity contribution is 5.93. The van der Waals surface area contributed by atoms with Gasteiger partial charge in [-0.25, -0.2) is 0 Å². The zero-order chi connectivity index (χ0) is 12.8. The molecule has 3 N–H and O–H groups in total. The van der Waals surface area contributed by atoms with Crippen molar-refractivity contribution < 1.29 is 4.79 Å². The average Bonchev–Trinajstić information content (AvgIpc) is 2.38. The van der Waals surface area contributed by atoms with Gasteiger partial charge in [0.25, 0.3) is 5.91 Å². The highest BCUT2D eigenvalue weighted by atomic mass is 16.2. The van der Waals surface area contributed by atoms with E-state index in [4.69, 9.17) is 5.84 Å². The second-order valence-corrected chi connectivity index (χ2v) is 4.63. The Hall–Kier alpha value is -1.62. The van der Waals surface area contributed by atoms with Gasteiger partial charge >= 0.3 is 0 Å². The second-order valence-electron chi connectivity index (χ2n) is 4.63. The lowest BCUT2D eigenvalue weighted by molar-refractivity contribution is 0.0736. The summed E-state index contributed by atoms with van der Waals surface area (Å²) in [5, 5.41) is 0. The van der Waals surface area contributed by atoms with Crippen molar-refractivity contribution in [3.63, 3.8) is 0 Å². The number of nitrogens with two attached hydrogens (primary N) is 1. The van der Waals surface area contributed by atoms with Gasteiger partial charge in [0.1, 0.15) is 5.69 Å². The number of carbonyl (C=O) groups excluding carboxylic acids is 1. The van der Waals surface area contributed by atoms with Crippen molar-refractivity contribution in [2.75, 3.05) is 18.5 Å². The number of nitrogens with one attached hydrogen (secondary N) is 1. The van der Waals surface area contributed by atoms with Gasteiger partial charge in [-0.3, -0.25) is 15.6 Å². The molecule has 2 rings (SSSR count). The molecule has 5 nitrogen and oxygen atoms in total. The summed E-state index contributed by atoms with van der Waals surface area (Å²) in [5.74, 6) is 5.35. The van der Waals surface area contributed by atoms with E-state index in [1.807, 2.05) is 4.90 Å². The summed E-state index contributed by atoms with van der Waals surface area (Å²) in [6.45, 7) is 1.67. The van der Waals surface area contributed by atoms with E-state index in [1.165, 1.54) is 19.3 Å². The molecule has 98 valence electrons. The van der Waals surface area contributed by atoms with Gasteiger partial charge in [0.15, 0.2) is 0 Å². The smallest absolute Gasteiger partial charge is 0.272 e. The number of aromatic nitrogens is 1. The van der Waals surface area contributed by atoms with Crippen molar-refractivity contribution in [2.24, 2.45) is 5.84 Å². The lowest BCUT2D eigenvalue weighted by atomic mass is 10.1. The molecule has 0 spiro atoms. The first-order valence-electron chi connectivity index (χ1n) is 6.53. The topological polar surface area (TPSA) is 71.2 Å². The van der Waals surface area contributed by atoms with E-state index in [0.29, 0.717) is 11.4 Å². The fraction of sp³-hybridized carbons (Fsp3) is 0.538. The fourth-order valence-electron chi connectivity index (χ4n) is 2.25. The number of rotatable bonds is 2. The van der Waals surface area contributed by atoms with Crippen molar-refractivity contribution in [3.8, 4) is 0 Å². The molecule has 2 heterocycles. The number of pyridine rings is 1. The monoisotopic (exact) mass is 248 g/mol. The van der Waals surface area contributed by atoms with Crippen LogP contribution in [0.25, 0.3) is 0 Å². The number of amides is 1. The molecule has 1 aliphatic heterocycles. The van der Waals surface area contributed by atoms with Crippen LogP contribution in [0.4, 0.5) is 5.69 Å². The van der Waals surface area contributed by atoms with E-state index >= 15 is 0 Å². The summed E-state index contributed by atoms with van der Waals surface area (Å²) in [6, 6.07) is 3.44. The van der Waals surface area contributed by atoms with E-state index in [1.54, 1.807) is 18.3 Å². The SMILES string of the molecule is NNc1ccnc(C(=O)N2CCCCCCC2)c1. The molecular weight excluding hydrogens is 228 g/mol. The molecule has 0 saturated carbocycles. The number of carbonyl (C=O) groups is 1. The molecule has 0 radical (unpaired) electrons. The first-order chi connectivity index (χ1) is 8.81. The molecule has 1 aromatic rings. The van der Waals surface area contributed by atoms with Crippen LogP contribution in [0.5, 0.6) is 0 Å². The summed E-state index contributed by atoms with van der Waals surface area (Å²) in [4.78, 5) is 18.4. The number of nitrogens with zero attached hydrogens (tertiary/aromatic N) is 2. The summed E-state index contributed by atoms with van der Waals surface area (Å²) >= 11 is 0. The minimum Gasteiger partial charge on any atom is -0.337 e. The lowest BCUT2D eigenvalue weighted by Crippen LogP contribution is -2.34. The van der Waals surface area contributed by atoms with Crippen molar-refractivity contribution in [2.45, 2.75) is 32.1 Å². The van der Waals surface area contributed by atoms with Crippen LogP contribution in [0.2, 0.25) is 0 Å². The van der Waals surface area contributed by atoms with Crippen molar-refractivity contribution >= 4 is 11.6 Å². The minimum absolute atomic E-state index is 0.00833. The Bertz CT molecular complexity index is 400. The fourth-order valence-corrected chi connectivity index (χ4v) is 2.25. The maximum Gasteiger partial charge on any atom is 0.272 e. The second kappa shape index (κ2) is 6.35. The first-order valence-corrected chi connectivity index (χ1v) is 6.53. The molecule has 0 atom stereocenters. The van der Waals surface area contributed by atoms with E-state index < -0.39 is 0 Å². The van der Waals surface area contributed by atoms with Gasteiger partial charge in [-0.05, 0) is 25.0 Å². The minimum atomic E-state index is 0.00833. The molecule has 1 aliphatic rings. The van der Waals surface area contributed by atoms with E-state index in [2.05, 4.69) is 10.4 Å². The predicted molar refractivity (Wildman–Crippen MR) is 71.0 cm³/mol. The molecule has 0 unspecified atom stereocenters. The van der Waals surface area contributed by atoms with Crippen LogP contribution in [0.15, 0.2) is 18.3 Å². The Morgan fingerprint density at radius 3 is 2.56 bits per heavy atom. The van der Waals surface area contributed by atoms with Gasteiger partial charge < -0.3 is 10.3 Å². The maximum absolute atomic E-state index is 12.3. The molecular formula is C13H20N4O. The Labute approximate surface area is 107 Å². The molecule has 1 saturated heterocycles. The molecule has 1 aromatic heterocycles. The van der Waals surface area contributed by atoms with Crippen molar-refractivity contribution in [1.29, 1.82) is 0 Å². The van der Waals surface area contributed by atoms with Gasteiger partial charge in [-0.2, -0.15) is 0 Å². The number of nitrogen functional groups attached to an aromatic ring is 1. The van der Waals surface area contributed by atoms with Gasteiger partial charge in [0.2, 0.25) is 0 Å². The van der Waals surface area contributed by atoms with Crippen LogP contribution in [0, 0.1) is 0 Å². The third-order valence-corrected chi connectivity index (χ3v) is 3.29. The van der Waals surface area contributed by atoms with Gasteiger partial charge in [0, 0.05) is 19.3 Å². The summed E-state index contributed by atoms with van der Waals surface area (Å²) in [5.41, 5.74) is 3.71.